The van der Waals surface area contributed by atoms with E-state index in [-0.39, 0.29) is 11.3 Å². The molecule has 3 rings (SSSR count). The van der Waals surface area contributed by atoms with Crippen LogP contribution in [0.2, 0.25) is 0 Å². The fourth-order valence-corrected chi connectivity index (χ4v) is 2.65. The topological polar surface area (TPSA) is 99.7 Å². The van der Waals surface area contributed by atoms with Crippen molar-refractivity contribution in [2.75, 3.05) is 10.6 Å². The van der Waals surface area contributed by atoms with Crippen molar-refractivity contribution in [3.8, 4) is 0 Å². The van der Waals surface area contributed by atoms with E-state index in [9.17, 15) is 14.4 Å². The van der Waals surface area contributed by atoms with E-state index in [1.807, 2.05) is 43.3 Å². The predicted octanol–water partition coefficient (Wildman–Crippen LogP) is 3.34. The third kappa shape index (κ3) is 5.62. The molecule has 0 aliphatic carbocycles. The van der Waals surface area contributed by atoms with Gasteiger partial charge in [0.05, 0.1) is 17.5 Å². The summed E-state index contributed by atoms with van der Waals surface area (Å²) in [6.45, 7) is 1.92. The van der Waals surface area contributed by atoms with Gasteiger partial charge in [0.2, 0.25) is 0 Å². The van der Waals surface area contributed by atoms with Gasteiger partial charge in [0.1, 0.15) is 0 Å². The number of hydrogen-bond donors (Lipinski definition) is 3. The number of rotatable bonds is 5. The molecular formula is C23H20N4O3. The number of hydrogen-bond acceptors (Lipinski definition) is 4. The maximum atomic E-state index is 12.6. The molecule has 0 aliphatic heterocycles. The lowest BCUT2D eigenvalue weighted by molar-refractivity contribution is -0.136. The molecule has 0 atom stereocenters. The zero-order valence-corrected chi connectivity index (χ0v) is 16.3. The summed E-state index contributed by atoms with van der Waals surface area (Å²) in [4.78, 5) is 36.9. The van der Waals surface area contributed by atoms with Crippen LogP contribution < -0.4 is 16.1 Å². The van der Waals surface area contributed by atoms with Crippen molar-refractivity contribution in [3.05, 3.63) is 95.6 Å². The molecular weight excluding hydrogens is 380 g/mol. The first-order valence-corrected chi connectivity index (χ1v) is 9.19. The summed E-state index contributed by atoms with van der Waals surface area (Å²) in [6.07, 6.45) is 1.43. The average Bonchev–Trinajstić information content (AvgIpc) is 2.74. The van der Waals surface area contributed by atoms with Gasteiger partial charge in [0.15, 0.2) is 0 Å². The van der Waals surface area contributed by atoms with Gasteiger partial charge in [-0.25, -0.2) is 5.43 Å². The van der Waals surface area contributed by atoms with E-state index in [0.717, 1.165) is 11.1 Å². The van der Waals surface area contributed by atoms with E-state index in [4.69, 9.17) is 0 Å². The lowest BCUT2D eigenvalue weighted by Gasteiger charge is -2.11. The molecule has 0 aromatic heterocycles. The van der Waals surface area contributed by atoms with E-state index in [1.165, 1.54) is 6.21 Å². The Morgan fingerprint density at radius 2 is 1.53 bits per heavy atom. The summed E-state index contributed by atoms with van der Waals surface area (Å²) in [7, 11) is 0. The highest BCUT2D eigenvalue weighted by molar-refractivity contribution is 6.40. The molecule has 0 radical (unpaired) electrons. The number of nitrogens with zero attached hydrogens (tertiary/aromatic N) is 1. The molecule has 30 heavy (non-hydrogen) atoms. The van der Waals surface area contributed by atoms with Crippen LogP contribution in [0.15, 0.2) is 84.0 Å². The normalized spacial score (nSPS) is 10.4. The summed E-state index contributed by atoms with van der Waals surface area (Å²) in [6, 6.07) is 22.9. The molecule has 0 bridgehead atoms. The highest BCUT2D eigenvalue weighted by Gasteiger charge is 2.17. The molecule has 0 heterocycles. The molecule has 3 amide bonds. The SMILES string of the molecule is Cc1cccc(NC(=O)c2ccccc2NC(=O)C(=O)NN=Cc2ccccc2)c1. The van der Waals surface area contributed by atoms with Gasteiger partial charge < -0.3 is 10.6 Å². The summed E-state index contributed by atoms with van der Waals surface area (Å²) in [5.74, 6) is -2.29. The fraction of sp³-hybridized carbons (Fsp3) is 0.0435. The van der Waals surface area contributed by atoms with Crippen molar-refractivity contribution in [3.63, 3.8) is 0 Å². The van der Waals surface area contributed by atoms with Crippen LogP contribution in [-0.4, -0.2) is 23.9 Å². The van der Waals surface area contributed by atoms with Crippen LogP contribution in [-0.2, 0) is 9.59 Å². The monoisotopic (exact) mass is 400 g/mol. The Morgan fingerprint density at radius 1 is 0.800 bits per heavy atom. The van der Waals surface area contributed by atoms with E-state index >= 15 is 0 Å². The zero-order valence-electron chi connectivity index (χ0n) is 16.3. The van der Waals surface area contributed by atoms with Crippen LogP contribution in [0.1, 0.15) is 21.5 Å². The van der Waals surface area contributed by atoms with E-state index in [1.54, 1.807) is 42.5 Å². The Labute approximate surface area is 173 Å². The van der Waals surface area contributed by atoms with Crippen LogP contribution in [0.3, 0.4) is 0 Å². The van der Waals surface area contributed by atoms with E-state index in [2.05, 4.69) is 21.2 Å². The van der Waals surface area contributed by atoms with Gasteiger partial charge in [0, 0.05) is 5.69 Å². The lowest BCUT2D eigenvalue weighted by Crippen LogP contribution is -2.33. The van der Waals surface area contributed by atoms with E-state index in [0.29, 0.717) is 5.69 Å². The number of amides is 3. The minimum absolute atomic E-state index is 0.217. The second kappa shape index (κ2) is 9.79. The molecule has 0 spiro atoms. The summed E-state index contributed by atoms with van der Waals surface area (Å²) < 4.78 is 0. The molecule has 0 aliphatic rings. The first kappa shape index (κ1) is 20.5. The molecule has 0 saturated carbocycles. The molecule has 150 valence electrons. The summed E-state index contributed by atoms with van der Waals surface area (Å²) >= 11 is 0. The van der Waals surface area contributed by atoms with Crippen LogP contribution in [0, 0.1) is 6.92 Å². The zero-order chi connectivity index (χ0) is 21.3. The largest absolute Gasteiger partial charge is 0.329 e. The quantitative estimate of drug-likeness (QED) is 0.348. The van der Waals surface area contributed by atoms with Crippen LogP contribution in [0.25, 0.3) is 0 Å². The Hall–Kier alpha value is -4.26. The third-order valence-corrected chi connectivity index (χ3v) is 4.08. The van der Waals surface area contributed by atoms with Crippen LogP contribution in [0.5, 0.6) is 0 Å². The number of aryl methyl sites for hydroxylation is 1. The standard InChI is InChI=1S/C23H20N4O3/c1-16-8-7-11-18(14-16)25-21(28)19-12-5-6-13-20(19)26-22(29)23(30)27-24-15-17-9-3-2-4-10-17/h2-15H,1H3,(H,25,28)(H,26,29)(H,27,30). The highest BCUT2D eigenvalue weighted by Crippen LogP contribution is 2.18. The first-order chi connectivity index (χ1) is 14.5. The molecule has 3 aromatic rings. The number of benzene rings is 3. The molecule has 0 fully saturated rings. The maximum absolute atomic E-state index is 12.6. The molecule has 7 nitrogen and oxygen atoms in total. The van der Waals surface area contributed by atoms with Crippen LogP contribution >= 0.6 is 0 Å². The van der Waals surface area contributed by atoms with Gasteiger partial charge in [-0.05, 0) is 42.3 Å². The fourth-order valence-electron chi connectivity index (χ4n) is 2.65. The van der Waals surface area contributed by atoms with Gasteiger partial charge in [-0.15, -0.1) is 0 Å². The molecule has 0 saturated heterocycles. The number of para-hydroxylation sites is 1. The Morgan fingerprint density at radius 3 is 2.30 bits per heavy atom. The smallest absolute Gasteiger partial charge is 0.322 e. The predicted molar refractivity (Wildman–Crippen MR) is 116 cm³/mol. The van der Waals surface area contributed by atoms with Gasteiger partial charge in [0.25, 0.3) is 5.91 Å². The average molecular weight is 400 g/mol. The van der Waals surface area contributed by atoms with Gasteiger partial charge in [-0.2, -0.15) is 5.10 Å². The lowest BCUT2D eigenvalue weighted by atomic mass is 10.1. The van der Waals surface area contributed by atoms with Crippen molar-refractivity contribution in [2.24, 2.45) is 5.10 Å². The molecule has 3 aromatic carbocycles. The second-order valence-corrected chi connectivity index (χ2v) is 6.43. The van der Waals surface area contributed by atoms with E-state index < -0.39 is 17.7 Å². The highest BCUT2D eigenvalue weighted by atomic mass is 16.2. The second-order valence-electron chi connectivity index (χ2n) is 6.43. The molecule has 7 heteroatoms. The number of carbonyl (C=O) groups excluding carboxylic acids is 3. The third-order valence-electron chi connectivity index (χ3n) is 4.08. The summed E-state index contributed by atoms with van der Waals surface area (Å²) in [5, 5.41) is 8.99. The Balaban J connectivity index is 1.64. The Kier molecular flexibility index (Phi) is 6.68. The van der Waals surface area contributed by atoms with Crippen molar-refractivity contribution in [1.29, 1.82) is 0 Å². The first-order valence-electron chi connectivity index (χ1n) is 9.19. The van der Waals surface area contributed by atoms with Gasteiger partial charge >= 0.3 is 11.8 Å². The minimum atomic E-state index is -0.948. The number of anilines is 2. The minimum Gasteiger partial charge on any atom is -0.322 e. The van der Waals surface area contributed by atoms with Crippen molar-refractivity contribution in [2.45, 2.75) is 6.92 Å². The Bertz CT molecular complexity index is 1090. The number of carbonyl (C=O) groups is 3. The molecule has 0 unspecified atom stereocenters. The summed E-state index contributed by atoms with van der Waals surface area (Å²) in [5.41, 5.74) is 5.02. The van der Waals surface area contributed by atoms with Gasteiger partial charge in [-0.1, -0.05) is 54.6 Å². The van der Waals surface area contributed by atoms with Crippen molar-refractivity contribution < 1.29 is 14.4 Å². The van der Waals surface area contributed by atoms with Crippen molar-refractivity contribution >= 4 is 35.3 Å². The maximum Gasteiger partial charge on any atom is 0.329 e. The van der Waals surface area contributed by atoms with Crippen molar-refractivity contribution in [1.82, 2.24) is 5.43 Å². The van der Waals surface area contributed by atoms with Gasteiger partial charge in [-0.3, -0.25) is 14.4 Å². The van der Waals surface area contributed by atoms with Crippen LogP contribution in [0.4, 0.5) is 11.4 Å². The number of nitrogens with one attached hydrogen (secondary N) is 3. The molecule has 3 N–H and O–H groups in total. The number of hydrazone groups is 1.